The van der Waals surface area contributed by atoms with Crippen molar-refractivity contribution >= 4 is 43.3 Å². The molecule has 33 heavy (non-hydrogen) atoms. The molecular formula is C26H22N4O2S. The molecule has 1 N–H and O–H groups in total. The molecule has 1 fully saturated rings. The Kier molecular flexibility index (Phi) is 4.66. The van der Waals surface area contributed by atoms with Crippen LogP contribution in [0.25, 0.3) is 21.8 Å². The van der Waals surface area contributed by atoms with Gasteiger partial charge in [-0.25, -0.2) is 22.4 Å². The SMILES string of the molecule is O=S(=O)(c1ccccc1)n1ccc2cc(Nc3ncnc4ccc(C5CCC5)cc34)ccc21. The first kappa shape index (κ1) is 19.9. The maximum atomic E-state index is 13.1. The van der Waals surface area contributed by atoms with Gasteiger partial charge in [0, 0.05) is 22.7 Å². The van der Waals surface area contributed by atoms with Gasteiger partial charge in [-0.15, -0.1) is 0 Å². The summed E-state index contributed by atoms with van der Waals surface area (Å²) in [6.07, 6.45) is 6.93. The second-order valence-corrected chi connectivity index (χ2v) is 10.3. The minimum Gasteiger partial charge on any atom is -0.340 e. The third kappa shape index (κ3) is 3.45. The van der Waals surface area contributed by atoms with Crippen molar-refractivity contribution in [1.82, 2.24) is 13.9 Å². The van der Waals surface area contributed by atoms with Crippen molar-refractivity contribution in [2.45, 2.75) is 30.1 Å². The Bertz CT molecular complexity index is 1590. The number of anilines is 2. The van der Waals surface area contributed by atoms with Gasteiger partial charge in [0.05, 0.1) is 15.9 Å². The number of nitrogens with zero attached hydrogens (tertiary/aromatic N) is 3. The number of hydrogen-bond donors (Lipinski definition) is 1. The Morgan fingerprint density at radius 1 is 0.909 bits per heavy atom. The number of hydrogen-bond acceptors (Lipinski definition) is 5. The van der Waals surface area contributed by atoms with Crippen LogP contribution < -0.4 is 5.32 Å². The molecule has 5 aromatic rings. The summed E-state index contributed by atoms with van der Waals surface area (Å²) in [7, 11) is -3.66. The molecule has 6 nitrogen and oxygen atoms in total. The zero-order valence-electron chi connectivity index (χ0n) is 17.8. The van der Waals surface area contributed by atoms with E-state index in [-0.39, 0.29) is 4.90 Å². The van der Waals surface area contributed by atoms with E-state index in [1.165, 1.54) is 28.8 Å². The van der Waals surface area contributed by atoms with E-state index in [4.69, 9.17) is 0 Å². The van der Waals surface area contributed by atoms with E-state index in [1.807, 2.05) is 24.3 Å². The van der Waals surface area contributed by atoms with Crippen LogP contribution in [0.4, 0.5) is 11.5 Å². The number of benzene rings is 3. The minimum absolute atomic E-state index is 0.263. The Balaban J connectivity index is 1.36. The fraction of sp³-hybridized carbons (Fsp3) is 0.154. The molecule has 1 aliphatic rings. The van der Waals surface area contributed by atoms with Crippen molar-refractivity contribution in [1.29, 1.82) is 0 Å². The van der Waals surface area contributed by atoms with Crippen LogP contribution in [-0.2, 0) is 10.0 Å². The lowest BCUT2D eigenvalue weighted by Gasteiger charge is -2.26. The minimum atomic E-state index is -3.66. The number of rotatable bonds is 5. The first-order valence-electron chi connectivity index (χ1n) is 11.0. The third-order valence-corrected chi connectivity index (χ3v) is 8.16. The highest BCUT2D eigenvalue weighted by molar-refractivity contribution is 7.90. The van der Waals surface area contributed by atoms with Crippen molar-refractivity contribution in [3.8, 4) is 0 Å². The summed E-state index contributed by atoms with van der Waals surface area (Å²) in [5.74, 6) is 1.38. The Hall–Kier alpha value is -3.71. The van der Waals surface area contributed by atoms with Crippen LogP contribution >= 0.6 is 0 Å². The predicted octanol–water partition coefficient (Wildman–Crippen LogP) is 5.83. The molecule has 2 aromatic heterocycles. The van der Waals surface area contributed by atoms with Crippen LogP contribution in [0.3, 0.4) is 0 Å². The fourth-order valence-corrected chi connectivity index (χ4v) is 5.79. The molecule has 0 bridgehead atoms. The topological polar surface area (TPSA) is 76.9 Å². The van der Waals surface area contributed by atoms with Crippen molar-refractivity contribution < 1.29 is 8.42 Å². The summed E-state index contributed by atoms with van der Waals surface area (Å²) in [4.78, 5) is 9.17. The number of nitrogens with one attached hydrogen (secondary N) is 1. The molecule has 6 rings (SSSR count). The van der Waals surface area contributed by atoms with Gasteiger partial charge in [-0.05, 0) is 72.9 Å². The molecular weight excluding hydrogens is 432 g/mol. The normalized spacial score (nSPS) is 14.4. The smallest absolute Gasteiger partial charge is 0.268 e. The zero-order chi connectivity index (χ0) is 22.4. The average molecular weight is 455 g/mol. The van der Waals surface area contributed by atoms with E-state index in [0.29, 0.717) is 11.4 Å². The standard InChI is InChI=1S/C26H22N4O2S/c31-33(32,22-7-2-1-3-8-22)30-14-13-20-15-21(10-12-25(20)30)29-26-23-16-19(18-5-4-6-18)9-11-24(23)27-17-28-26/h1-3,7-18H,4-6H2,(H,27,28,29). The third-order valence-electron chi connectivity index (χ3n) is 6.45. The average Bonchev–Trinajstić information content (AvgIpc) is 3.23. The molecule has 7 heteroatoms. The Morgan fingerprint density at radius 3 is 2.55 bits per heavy atom. The van der Waals surface area contributed by atoms with Gasteiger partial charge in [-0.1, -0.05) is 30.7 Å². The molecule has 0 aliphatic heterocycles. The molecule has 0 atom stereocenters. The van der Waals surface area contributed by atoms with Crippen molar-refractivity contribution in [3.63, 3.8) is 0 Å². The summed E-state index contributed by atoms with van der Waals surface area (Å²) in [5.41, 5.74) is 3.71. The van der Waals surface area contributed by atoms with E-state index in [2.05, 4.69) is 33.5 Å². The molecule has 0 saturated heterocycles. The van der Waals surface area contributed by atoms with Gasteiger partial charge in [0.15, 0.2) is 0 Å². The van der Waals surface area contributed by atoms with Crippen molar-refractivity contribution in [3.05, 3.63) is 90.9 Å². The summed E-state index contributed by atoms with van der Waals surface area (Å²) >= 11 is 0. The van der Waals surface area contributed by atoms with Crippen LogP contribution in [0.5, 0.6) is 0 Å². The van der Waals surface area contributed by atoms with Crippen LogP contribution in [0.15, 0.2) is 90.2 Å². The van der Waals surface area contributed by atoms with Gasteiger partial charge in [-0.3, -0.25) is 0 Å². The van der Waals surface area contributed by atoms with Gasteiger partial charge in [0.1, 0.15) is 12.1 Å². The first-order valence-corrected chi connectivity index (χ1v) is 12.5. The largest absolute Gasteiger partial charge is 0.340 e. The van der Waals surface area contributed by atoms with E-state index >= 15 is 0 Å². The molecule has 3 aromatic carbocycles. The second kappa shape index (κ2) is 7.71. The molecule has 2 heterocycles. The maximum absolute atomic E-state index is 13.1. The lowest BCUT2D eigenvalue weighted by Crippen LogP contribution is -2.11. The van der Waals surface area contributed by atoms with Crippen LogP contribution in [0, 0.1) is 0 Å². The number of fused-ring (bicyclic) bond motifs is 2. The lowest BCUT2D eigenvalue weighted by molar-refractivity contribution is 0.420. The quantitative estimate of drug-likeness (QED) is 0.361. The first-order chi connectivity index (χ1) is 16.1. The highest BCUT2D eigenvalue weighted by Gasteiger charge is 2.21. The van der Waals surface area contributed by atoms with Crippen molar-refractivity contribution in [2.75, 3.05) is 5.32 Å². The lowest BCUT2D eigenvalue weighted by atomic mass is 9.80. The fourth-order valence-electron chi connectivity index (χ4n) is 4.42. The van der Waals surface area contributed by atoms with Gasteiger partial charge in [0.2, 0.25) is 0 Å². The summed E-state index contributed by atoms with van der Waals surface area (Å²) in [5, 5.41) is 5.23. The maximum Gasteiger partial charge on any atom is 0.268 e. The Morgan fingerprint density at radius 2 is 1.76 bits per heavy atom. The zero-order valence-corrected chi connectivity index (χ0v) is 18.7. The van der Waals surface area contributed by atoms with Gasteiger partial charge < -0.3 is 5.32 Å². The molecule has 1 aliphatic carbocycles. The van der Waals surface area contributed by atoms with Crippen molar-refractivity contribution in [2.24, 2.45) is 0 Å². The van der Waals surface area contributed by atoms with Gasteiger partial charge in [0.25, 0.3) is 10.0 Å². The molecule has 0 spiro atoms. The predicted molar refractivity (Wildman–Crippen MR) is 130 cm³/mol. The van der Waals surface area contributed by atoms with E-state index in [0.717, 1.165) is 27.8 Å². The highest BCUT2D eigenvalue weighted by Crippen LogP contribution is 2.38. The summed E-state index contributed by atoms with van der Waals surface area (Å²) < 4.78 is 27.5. The van der Waals surface area contributed by atoms with E-state index in [9.17, 15) is 8.42 Å². The molecule has 164 valence electrons. The second-order valence-electron chi connectivity index (χ2n) is 8.45. The Labute approximate surface area is 192 Å². The van der Waals surface area contributed by atoms with Crippen LogP contribution in [0.1, 0.15) is 30.7 Å². The van der Waals surface area contributed by atoms with Gasteiger partial charge >= 0.3 is 0 Å². The monoisotopic (exact) mass is 454 g/mol. The van der Waals surface area contributed by atoms with Gasteiger partial charge in [-0.2, -0.15) is 0 Å². The molecule has 1 saturated carbocycles. The van der Waals surface area contributed by atoms with Crippen LogP contribution in [-0.4, -0.2) is 22.4 Å². The number of aromatic nitrogens is 3. The summed E-state index contributed by atoms with van der Waals surface area (Å²) in [6, 6.07) is 22.4. The molecule has 0 amide bonds. The molecule has 0 radical (unpaired) electrons. The van der Waals surface area contributed by atoms with Crippen LogP contribution in [0.2, 0.25) is 0 Å². The summed E-state index contributed by atoms with van der Waals surface area (Å²) in [6.45, 7) is 0. The van der Waals surface area contributed by atoms with E-state index < -0.39 is 10.0 Å². The molecule has 0 unspecified atom stereocenters. The highest BCUT2D eigenvalue weighted by atomic mass is 32.2. The van der Waals surface area contributed by atoms with E-state index in [1.54, 1.807) is 42.9 Å².